The topological polar surface area (TPSA) is 64.2 Å². The van der Waals surface area contributed by atoms with Crippen LogP contribution in [0.3, 0.4) is 0 Å². The van der Waals surface area contributed by atoms with Crippen LogP contribution in [0.15, 0.2) is 52.2 Å². The molecule has 0 bridgehead atoms. The van der Waals surface area contributed by atoms with Crippen molar-refractivity contribution in [1.29, 1.82) is 0 Å². The largest absolute Gasteiger partial charge is 0.461 e. The number of hydrogen-bond donors (Lipinski definition) is 0. The van der Waals surface area contributed by atoms with E-state index in [1.807, 2.05) is 23.1 Å². The summed E-state index contributed by atoms with van der Waals surface area (Å²) < 4.78 is 7.82. The van der Waals surface area contributed by atoms with Crippen LogP contribution in [0.4, 0.5) is 0 Å². The molecule has 0 saturated heterocycles. The van der Waals surface area contributed by atoms with Crippen molar-refractivity contribution in [3.05, 3.63) is 53.8 Å². The number of nitrogens with zero attached hydrogens (tertiary/aromatic N) is 4. The van der Waals surface area contributed by atoms with Crippen LogP contribution in [0.2, 0.25) is 0 Å². The number of benzene rings is 1. The molecule has 1 saturated carbocycles. The number of amides is 1. The summed E-state index contributed by atoms with van der Waals surface area (Å²) in [5.41, 5.74) is 2.61. The Labute approximate surface area is 180 Å². The molecule has 1 amide bonds. The molecule has 30 heavy (non-hydrogen) atoms. The Hall–Kier alpha value is -2.54. The van der Waals surface area contributed by atoms with Gasteiger partial charge in [-0.25, -0.2) is 0 Å². The first-order valence-corrected chi connectivity index (χ1v) is 11.7. The van der Waals surface area contributed by atoms with E-state index >= 15 is 0 Å². The van der Waals surface area contributed by atoms with Crippen LogP contribution in [0.25, 0.3) is 11.6 Å². The van der Waals surface area contributed by atoms with Crippen molar-refractivity contribution in [2.45, 2.75) is 56.3 Å². The fourth-order valence-electron chi connectivity index (χ4n) is 4.54. The van der Waals surface area contributed by atoms with Crippen LogP contribution in [-0.2, 0) is 17.8 Å². The lowest BCUT2D eigenvalue weighted by Gasteiger charge is -2.29. The fraction of sp³-hybridized carbons (Fsp3) is 0.435. The average molecular weight is 423 g/mol. The van der Waals surface area contributed by atoms with E-state index in [0.29, 0.717) is 18.3 Å². The number of hydrogen-bond acceptors (Lipinski definition) is 5. The third kappa shape index (κ3) is 3.90. The minimum Gasteiger partial charge on any atom is -0.461 e. The Balaban J connectivity index is 1.32. The van der Waals surface area contributed by atoms with Crippen LogP contribution in [0, 0.1) is 0 Å². The van der Waals surface area contributed by atoms with Gasteiger partial charge in [-0.1, -0.05) is 55.3 Å². The SMILES string of the molecule is O=C(CSc1nnc(-c2ccco2)n1C1CCCCC1)N1CCc2ccccc2C1. The van der Waals surface area contributed by atoms with Gasteiger partial charge in [-0.3, -0.25) is 9.36 Å². The molecule has 1 aliphatic heterocycles. The van der Waals surface area contributed by atoms with Crippen molar-refractivity contribution in [3.8, 4) is 11.6 Å². The van der Waals surface area contributed by atoms with E-state index in [2.05, 4.69) is 33.0 Å². The van der Waals surface area contributed by atoms with Crippen molar-refractivity contribution < 1.29 is 9.21 Å². The van der Waals surface area contributed by atoms with E-state index in [0.717, 1.165) is 42.5 Å². The lowest BCUT2D eigenvalue weighted by molar-refractivity contribution is -0.129. The molecular weight excluding hydrogens is 396 g/mol. The molecule has 1 aliphatic carbocycles. The predicted molar refractivity (Wildman–Crippen MR) is 116 cm³/mol. The molecule has 6 nitrogen and oxygen atoms in total. The Morgan fingerprint density at radius 1 is 1.07 bits per heavy atom. The molecule has 7 heteroatoms. The number of carbonyl (C=O) groups excluding carboxylic acids is 1. The first-order chi connectivity index (χ1) is 14.8. The zero-order valence-corrected chi connectivity index (χ0v) is 17.8. The second kappa shape index (κ2) is 8.68. The van der Waals surface area contributed by atoms with Crippen molar-refractivity contribution in [3.63, 3.8) is 0 Å². The Morgan fingerprint density at radius 3 is 2.70 bits per heavy atom. The number of rotatable bonds is 5. The number of carbonyl (C=O) groups is 1. The minimum absolute atomic E-state index is 0.159. The molecule has 1 fully saturated rings. The van der Waals surface area contributed by atoms with Crippen molar-refractivity contribution in [2.75, 3.05) is 12.3 Å². The monoisotopic (exact) mass is 422 g/mol. The summed E-state index contributed by atoms with van der Waals surface area (Å²) >= 11 is 1.50. The number of aromatic nitrogens is 3. The second-order valence-corrected chi connectivity index (χ2v) is 9.01. The maximum absolute atomic E-state index is 12.9. The molecule has 0 spiro atoms. The highest BCUT2D eigenvalue weighted by Gasteiger charge is 2.26. The maximum atomic E-state index is 12.9. The van der Waals surface area contributed by atoms with Gasteiger partial charge in [0.2, 0.25) is 11.7 Å². The highest BCUT2D eigenvalue weighted by molar-refractivity contribution is 7.99. The Bertz CT molecular complexity index is 1010. The molecule has 3 aromatic rings. The Kier molecular flexibility index (Phi) is 5.62. The van der Waals surface area contributed by atoms with Crippen molar-refractivity contribution in [1.82, 2.24) is 19.7 Å². The second-order valence-electron chi connectivity index (χ2n) is 8.07. The molecule has 156 valence electrons. The average Bonchev–Trinajstić information content (AvgIpc) is 3.47. The van der Waals surface area contributed by atoms with E-state index in [1.54, 1.807) is 6.26 Å². The van der Waals surface area contributed by atoms with E-state index in [1.165, 1.54) is 42.2 Å². The molecule has 0 unspecified atom stereocenters. The molecular formula is C23H26N4O2S. The number of thioether (sulfide) groups is 1. The van der Waals surface area contributed by atoms with Crippen LogP contribution in [0.1, 0.15) is 49.3 Å². The molecule has 3 heterocycles. The highest BCUT2D eigenvalue weighted by atomic mass is 32.2. The van der Waals surface area contributed by atoms with Gasteiger partial charge in [0, 0.05) is 19.1 Å². The number of furan rings is 1. The summed E-state index contributed by atoms with van der Waals surface area (Å²) in [5.74, 6) is 2.05. The van der Waals surface area contributed by atoms with Crippen LogP contribution < -0.4 is 0 Å². The maximum Gasteiger partial charge on any atom is 0.233 e. The summed E-state index contributed by atoms with van der Waals surface area (Å²) in [7, 11) is 0. The van der Waals surface area contributed by atoms with Gasteiger partial charge >= 0.3 is 0 Å². The quantitative estimate of drug-likeness (QED) is 0.557. The van der Waals surface area contributed by atoms with Gasteiger partial charge in [-0.2, -0.15) is 0 Å². The first kappa shape index (κ1) is 19.4. The minimum atomic E-state index is 0.159. The van der Waals surface area contributed by atoms with Gasteiger partial charge in [0.25, 0.3) is 0 Å². The summed E-state index contributed by atoms with van der Waals surface area (Å²) in [4.78, 5) is 14.9. The van der Waals surface area contributed by atoms with Crippen LogP contribution in [0.5, 0.6) is 0 Å². The third-order valence-electron chi connectivity index (χ3n) is 6.15. The fourth-order valence-corrected chi connectivity index (χ4v) is 5.45. The van der Waals surface area contributed by atoms with E-state index in [4.69, 9.17) is 4.42 Å². The number of fused-ring (bicyclic) bond motifs is 1. The molecule has 0 atom stereocenters. The van der Waals surface area contributed by atoms with Gasteiger partial charge < -0.3 is 9.32 Å². The van der Waals surface area contributed by atoms with Gasteiger partial charge in [0.15, 0.2) is 10.9 Å². The lowest BCUT2D eigenvalue weighted by atomic mass is 9.95. The zero-order valence-electron chi connectivity index (χ0n) is 17.0. The van der Waals surface area contributed by atoms with Crippen LogP contribution in [-0.4, -0.2) is 37.9 Å². The van der Waals surface area contributed by atoms with Gasteiger partial charge in [0.05, 0.1) is 12.0 Å². The lowest BCUT2D eigenvalue weighted by Crippen LogP contribution is -2.37. The molecule has 5 rings (SSSR count). The molecule has 2 aromatic heterocycles. The summed E-state index contributed by atoms with van der Waals surface area (Å²) in [6.07, 6.45) is 8.55. The van der Waals surface area contributed by atoms with E-state index < -0.39 is 0 Å². The van der Waals surface area contributed by atoms with Gasteiger partial charge in [0.1, 0.15) is 0 Å². The van der Waals surface area contributed by atoms with Crippen molar-refractivity contribution in [2.24, 2.45) is 0 Å². The zero-order chi connectivity index (χ0) is 20.3. The molecule has 2 aliphatic rings. The van der Waals surface area contributed by atoms with E-state index in [9.17, 15) is 4.79 Å². The highest BCUT2D eigenvalue weighted by Crippen LogP contribution is 2.35. The van der Waals surface area contributed by atoms with Gasteiger partial charge in [-0.15, -0.1) is 10.2 Å². The molecule has 0 N–H and O–H groups in total. The van der Waals surface area contributed by atoms with E-state index in [-0.39, 0.29) is 5.91 Å². The normalized spacial score (nSPS) is 17.1. The summed E-state index contributed by atoms with van der Waals surface area (Å²) in [5, 5.41) is 9.69. The molecule has 0 radical (unpaired) electrons. The van der Waals surface area contributed by atoms with Crippen molar-refractivity contribution >= 4 is 17.7 Å². The first-order valence-electron chi connectivity index (χ1n) is 10.8. The summed E-state index contributed by atoms with van der Waals surface area (Å²) in [6, 6.07) is 12.6. The third-order valence-corrected chi connectivity index (χ3v) is 7.08. The molecule has 1 aromatic carbocycles. The van der Waals surface area contributed by atoms with Gasteiger partial charge in [-0.05, 0) is 42.5 Å². The summed E-state index contributed by atoms with van der Waals surface area (Å²) in [6.45, 7) is 1.48. The smallest absolute Gasteiger partial charge is 0.233 e. The Morgan fingerprint density at radius 2 is 1.90 bits per heavy atom. The van der Waals surface area contributed by atoms with Crippen LogP contribution >= 0.6 is 11.8 Å². The standard InChI is InChI=1S/C23H26N4O2S/c28-21(26-13-12-17-7-4-5-8-18(17)15-26)16-30-23-25-24-22(20-11-6-14-29-20)27(23)19-9-2-1-3-10-19/h4-8,11,14,19H,1-3,9-10,12-13,15-16H2. The predicted octanol–water partition coefficient (Wildman–Crippen LogP) is 4.72.